The molecule has 0 radical (unpaired) electrons. The summed E-state index contributed by atoms with van der Waals surface area (Å²) < 4.78 is 32.1. The van der Waals surface area contributed by atoms with Crippen molar-refractivity contribution in [3.63, 3.8) is 0 Å². The molecule has 0 aliphatic rings. The maximum Gasteiger partial charge on any atom is 0.279 e. The first-order valence-corrected chi connectivity index (χ1v) is 11.3. The van der Waals surface area contributed by atoms with E-state index in [1.807, 2.05) is 0 Å². The minimum atomic E-state index is -0.922. The number of hydrogen-bond acceptors (Lipinski definition) is 6. The first-order valence-electron chi connectivity index (χ1n) is 7.91. The highest BCUT2D eigenvalue weighted by Crippen LogP contribution is 2.17. The van der Waals surface area contributed by atoms with Crippen molar-refractivity contribution < 1.29 is 28.4 Å². The van der Waals surface area contributed by atoms with Gasteiger partial charge in [0.05, 0.1) is 19.0 Å². The van der Waals surface area contributed by atoms with E-state index in [2.05, 4.69) is 24.3 Å². The summed E-state index contributed by atoms with van der Waals surface area (Å²) in [5.74, 6) is -1.84. The summed E-state index contributed by atoms with van der Waals surface area (Å²) in [4.78, 5) is 0. The largest absolute Gasteiger partial charge is 0.331 e. The van der Waals surface area contributed by atoms with Gasteiger partial charge in [0.25, 0.3) is 11.9 Å². The van der Waals surface area contributed by atoms with Crippen LogP contribution in [-0.2, 0) is 28.4 Å². The van der Waals surface area contributed by atoms with Gasteiger partial charge in [0, 0.05) is 54.7 Å². The maximum atomic E-state index is 5.35. The van der Waals surface area contributed by atoms with Crippen LogP contribution in [0.1, 0.15) is 0 Å². The Morgan fingerprint density at radius 2 is 0.833 bits per heavy atom. The van der Waals surface area contributed by atoms with Crippen molar-refractivity contribution in [3.05, 3.63) is 24.3 Å². The van der Waals surface area contributed by atoms with Gasteiger partial charge in [0.2, 0.25) is 0 Å². The molecule has 0 aliphatic carbocycles. The third kappa shape index (κ3) is 5.74. The Bertz CT molecular complexity index is 401. The number of benzene rings is 1. The molecule has 0 aromatic heterocycles. The summed E-state index contributed by atoms with van der Waals surface area (Å²) in [6, 6.07) is 10.3. The van der Waals surface area contributed by atoms with Gasteiger partial charge >= 0.3 is 0 Å². The van der Waals surface area contributed by atoms with E-state index in [1.54, 1.807) is 42.7 Å². The van der Waals surface area contributed by atoms with Crippen molar-refractivity contribution in [2.45, 2.75) is 24.0 Å². The van der Waals surface area contributed by atoms with Crippen LogP contribution >= 0.6 is 0 Å². The Balaban J connectivity index is 2.60. The normalized spacial score (nSPS) is 13.6. The molecular formula is C16H30O6Si2. The summed E-state index contributed by atoms with van der Waals surface area (Å²) >= 11 is 0. The summed E-state index contributed by atoms with van der Waals surface area (Å²) in [5, 5.41) is 2.69. The van der Waals surface area contributed by atoms with E-state index in [-0.39, 0.29) is 0 Å². The van der Waals surface area contributed by atoms with E-state index in [1.165, 1.54) is 10.4 Å². The molecule has 0 bridgehead atoms. The van der Waals surface area contributed by atoms with Gasteiger partial charge in [-0.05, 0) is 0 Å². The minimum Gasteiger partial charge on any atom is -0.331 e. The minimum absolute atomic E-state index is 0.553. The molecule has 0 spiro atoms. The first kappa shape index (κ1) is 21.5. The Kier molecular flexibility index (Phi) is 9.31. The van der Waals surface area contributed by atoms with Crippen LogP contribution in [0.2, 0.25) is 12.1 Å². The quantitative estimate of drug-likeness (QED) is 0.356. The zero-order valence-corrected chi connectivity index (χ0v) is 18.4. The summed E-state index contributed by atoms with van der Waals surface area (Å²) in [5.41, 5.74) is 0. The maximum absolute atomic E-state index is 5.35. The second-order valence-corrected chi connectivity index (χ2v) is 9.04. The molecule has 0 fully saturated rings. The van der Waals surface area contributed by atoms with Crippen molar-refractivity contribution in [3.8, 4) is 0 Å². The molecule has 1 aromatic rings. The van der Waals surface area contributed by atoms with Gasteiger partial charge in [0.15, 0.2) is 0 Å². The van der Waals surface area contributed by atoms with E-state index in [0.717, 1.165) is 12.1 Å². The lowest BCUT2D eigenvalue weighted by Crippen LogP contribution is -2.40. The fourth-order valence-electron chi connectivity index (χ4n) is 2.58. The molecule has 1 aromatic carbocycles. The second kappa shape index (κ2) is 10.4. The lowest BCUT2D eigenvalue weighted by Gasteiger charge is -2.29. The van der Waals surface area contributed by atoms with Crippen molar-refractivity contribution in [1.82, 2.24) is 0 Å². The third-order valence-electron chi connectivity index (χ3n) is 4.33. The molecule has 138 valence electrons. The van der Waals surface area contributed by atoms with Crippen molar-refractivity contribution >= 4 is 29.4 Å². The fourth-order valence-corrected chi connectivity index (χ4v) is 6.13. The molecule has 0 aliphatic heterocycles. The Hall–Kier alpha value is -0.586. The van der Waals surface area contributed by atoms with E-state index in [4.69, 9.17) is 28.4 Å². The van der Waals surface area contributed by atoms with E-state index in [9.17, 15) is 0 Å². The van der Waals surface area contributed by atoms with Crippen LogP contribution in [0, 0.1) is 0 Å². The van der Waals surface area contributed by atoms with Crippen LogP contribution in [0.5, 0.6) is 0 Å². The highest BCUT2D eigenvalue weighted by molar-refractivity contribution is 6.55. The zero-order valence-electron chi connectivity index (χ0n) is 15.6. The number of rotatable bonds is 12. The van der Waals surface area contributed by atoms with Gasteiger partial charge in [-0.15, -0.1) is 0 Å². The molecule has 0 saturated heterocycles. The van der Waals surface area contributed by atoms with Crippen molar-refractivity contribution in [1.29, 1.82) is 0 Å². The summed E-state index contributed by atoms with van der Waals surface area (Å²) in [7, 11) is 8.50. The third-order valence-corrected chi connectivity index (χ3v) is 8.15. The van der Waals surface area contributed by atoms with Crippen LogP contribution in [0.25, 0.3) is 0 Å². The zero-order chi connectivity index (χ0) is 18.1. The molecule has 0 heterocycles. The van der Waals surface area contributed by atoms with Gasteiger partial charge in [-0.3, -0.25) is 0 Å². The molecule has 0 atom stereocenters. The van der Waals surface area contributed by atoms with Crippen LogP contribution < -0.4 is 10.4 Å². The molecule has 24 heavy (non-hydrogen) atoms. The average molecular weight is 375 g/mol. The SMILES string of the molecule is COC(C[SiH2]c1ccc([SiH2]CC(OC)(OC)OC)cc1)(OC)OC. The van der Waals surface area contributed by atoms with Gasteiger partial charge in [0.1, 0.15) is 0 Å². The van der Waals surface area contributed by atoms with Crippen LogP contribution in [0.4, 0.5) is 0 Å². The van der Waals surface area contributed by atoms with Gasteiger partial charge in [-0.25, -0.2) is 0 Å². The average Bonchev–Trinajstić information content (AvgIpc) is 2.66. The topological polar surface area (TPSA) is 55.4 Å². The standard InChI is InChI=1S/C16H30O6Si2/c1-17-15(18-2,19-3)11-23-13-7-9-14(10-8-13)24-12-16(20-4,21-5)22-6/h7-10H,11-12,23-24H2,1-6H3. The van der Waals surface area contributed by atoms with Gasteiger partial charge < -0.3 is 28.4 Å². The van der Waals surface area contributed by atoms with Gasteiger partial charge in [-0.2, -0.15) is 0 Å². The smallest absolute Gasteiger partial charge is 0.279 e. The summed E-state index contributed by atoms with van der Waals surface area (Å²) in [6.45, 7) is 0. The van der Waals surface area contributed by atoms with Crippen LogP contribution in [0.3, 0.4) is 0 Å². The second-order valence-electron chi connectivity index (χ2n) is 5.41. The molecule has 1 rings (SSSR count). The molecule has 0 unspecified atom stereocenters. The lowest BCUT2D eigenvalue weighted by molar-refractivity contribution is -0.339. The van der Waals surface area contributed by atoms with Crippen LogP contribution in [0.15, 0.2) is 24.3 Å². The monoisotopic (exact) mass is 374 g/mol. The predicted molar refractivity (Wildman–Crippen MR) is 99.9 cm³/mol. The lowest BCUT2D eigenvalue weighted by atomic mass is 10.4. The molecule has 8 heteroatoms. The van der Waals surface area contributed by atoms with E-state index < -0.39 is 31.0 Å². The van der Waals surface area contributed by atoms with Crippen molar-refractivity contribution in [2.75, 3.05) is 42.7 Å². The Labute approximate surface area is 149 Å². The highest BCUT2D eigenvalue weighted by Gasteiger charge is 2.30. The predicted octanol–water partition coefficient (Wildman–Crippen LogP) is -0.703. The Morgan fingerprint density at radius 3 is 1.04 bits per heavy atom. The highest BCUT2D eigenvalue weighted by atomic mass is 28.2. The number of methoxy groups -OCH3 is 6. The molecule has 0 amide bonds. The van der Waals surface area contributed by atoms with Crippen LogP contribution in [-0.4, -0.2) is 73.6 Å². The van der Waals surface area contributed by atoms with E-state index >= 15 is 0 Å². The molecule has 0 saturated carbocycles. The number of hydrogen-bond donors (Lipinski definition) is 0. The Morgan fingerprint density at radius 1 is 0.583 bits per heavy atom. The van der Waals surface area contributed by atoms with Gasteiger partial charge in [-0.1, -0.05) is 34.6 Å². The number of ether oxygens (including phenoxy) is 6. The van der Waals surface area contributed by atoms with Crippen molar-refractivity contribution in [2.24, 2.45) is 0 Å². The fraction of sp³-hybridized carbons (Fsp3) is 0.625. The molecular weight excluding hydrogens is 344 g/mol. The first-order chi connectivity index (χ1) is 11.5. The molecule has 0 N–H and O–H groups in total. The van der Waals surface area contributed by atoms with E-state index in [0.29, 0.717) is 0 Å². The molecule has 6 nitrogen and oxygen atoms in total. The summed E-state index contributed by atoms with van der Waals surface area (Å²) in [6.07, 6.45) is 0.